The molecule has 3 nitrogen and oxygen atoms in total. The molecule has 2 rings (SSSR count). The Balaban J connectivity index is 2.09. The van der Waals surface area contributed by atoms with Gasteiger partial charge in [-0.2, -0.15) is 0 Å². The number of hydrogen-bond acceptors (Lipinski definition) is 3. The third-order valence-electron chi connectivity index (χ3n) is 3.11. The first-order chi connectivity index (χ1) is 8.58. The van der Waals surface area contributed by atoms with Gasteiger partial charge in [-0.1, -0.05) is 19.9 Å². The predicted octanol–water partition coefficient (Wildman–Crippen LogP) is 2.87. The van der Waals surface area contributed by atoms with Crippen molar-refractivity contribution in [2.24, 2.45) is 11.7 Å². The molecule has 1 heterocycles. The van der Waals surface area contributed by atoms with Crippen LogP contribution in [0.2, 0.25) is 0 Å². The largest absolute Gasteiger partial charge is 0.455 e. The van der Waals surface area contributed by atoms with E-state index in [1.165, 1.54) is 18.6 Å². The van der Waals surface area contributed by atoms with E-state index in [0.717, 1.165) is 5.56 Å². The summed E-state index contributed by atoms with van der Waals surface area (Å²) in [5.74, 6) is 0.0515. The van der Waals surface area contributed by atoms with Gasteiger partial charge in [0.25, 0.3) is 6.29 Å². The summed E-state index contributed by atoms with van der Waals surface area (Å²) in [4.78, 5) is 0. The van der Waals surface area contributed by atoms with Crippen molar-refractivity contribution in [1.29, 1.82) is 0 Å². The van der Waals surface area contributed by atoms with Crippen LogP contribution in [0.3, 0.4) is 0 Å². The van der Waals surface area contributed by atoms with Gasteiger partial charge in [0.1, 0.15) is 18.3 Å². The third kappa shape index (κ3) is 2.82. The van der Waals surface area contributed by atoms with Gasteiger partial charge in [0.15, 0.2) is 0 Å². The van der Waals surface area contributed by atoms with Gasteiger partial charge in [-0.3, -0.25) is 0 Å². The molecule has 0 aromatic heterocycles. The molecule has 0 saturated heterocycles. The maximum atomic E-state index is 13.9. The van der Waals surface area contributed by atoms with Crippen LogP contribution >= 0.6 is 0 Å². The van der Waals surface area contributed by atoms with E-state index in [9.17, 15) is 4.39 Å². The number of halogens is 1. The van der Waals surface area contributed by atoms with Crippen LogP contribution in [0.15, 0.2) is 30.7 Å². The minimum absolute atomic E-state index is 0.0379. The Morgan fingerprint density at radius 2 is 1.94 bits per heavy atom. The Kier molecular flexibility index (Phi) is 3.87. The molecule has 1 aliphatic rings. The summed E-state index contributed by atoms with van der Waals surface area (Å²) in [6, 6.07) is 5.10. The highest BCUT2D eigenvalue weighted by Crippen LogP contribution is 2.27. The third-order valence-corrected chi connectivity index (χ3v) is 3.11. The predicted molar refractivity (Wildman–Crippen MR) is 67.0 cm³/mol. The van der Waals surface area contributed by atoms with Crippen molar-refractivity contribution in [3.63, 3.8) is 0 Å². The van der Waals surface area contributed by atoms with Crippen molar-refractivity contribution in [2.45, 2.75) is 32.6 Å². The summed E-state index contributed by atoms with van der Waals surface area (Å²) in [6.45, 7) is 4.11. The fourth-order valence-electron chi connectivity index (χ4n) is 1.78. The molecule has 0 radical (unpaired) electrons. The van der Waals surface area contributed by atoms with Gasteiger partial charge in [0.2, 0.25) is 0 Å². The summed E-state index contributed by atoms with van der Waals surface area (Å²) < 4.78 is 24.1. The quantitative estimate of drug-likeness (QED) is 0.895. The molecule has 0 bridgehead atoms. The first-order valence-corrected chi connectivity index (χ1v) is 6.08. The Bertz CT molecular complexity index is 437. The summed E-state index contributed by atoms with van der Waals surface area (Å²) in [5, 5.41) is 0. The summed E-state index contributed by atoms with van der Waals surface area (Å²) in [7, 11) is 0. The lowest BCUT2D eigenvalue weighted by molar-refractivity contribution is -0.0271. The molecule has 1 aromatic carbocycles. The number of hydrogen-bond donors (Lipinski definition) is 1. The maximum Gasteiger partial charge on any atom is 0.269 e. The molecule has 0 amide bonds. The molecule has 1 aromatic rings. The van der Waals surface area contributed by atoms with E-state index >= 15 is 0 Å². The molecule has 4 heteroatoms. The molecule has 18 heavy (non-hydrogen) atoms. The highest BCUT2D eigenvalue weighted by molar-refractivity contribution is 5.26. The second kappa shape index (κ2) is 5.40. The molecule has 2 N–H and O–H groups in total. The van der Waals surface area contributed by atoms with E-state index in [1.807, 2.05) is 6.07 Å². The molecule has 0 saturated carbocycles. The van der Waals surface area contributed by atoms with Crippen LogP contribution in [0.5, 0.6) is 0 Å². The van der Waals surface area contributed by atoms with Crippen molar-refractivity contribution in [3.8, 4) is 0 Å². The minimum Gasteiger partial charge on any atom is -0.455 e. The second-order valence-corrected chi connectivity index (χ2v) is 4.84. The van der Waals surface area contributed by atoms with Gasteiger partial charge in [0, 0.05) is 6.04 Å². The van der Waals surface area contributed by atoms with Crippen LogP contribution in [0.25, 0.3) is 0 Å². The molecule has 0 aliphatic carbocycles. The van der Waals surface area contributed by atoms with Crippen LogP contribution in [-0.4, -0.2) is 6.04 Å². The van der Waals surface area contributed by atoms with Gasteiger partial charge >= 0.3 is 0 Å². The fourth-order valence-corrected chi connectivity index (χ4v) is 1.78. The Labute approximate surface area is 106 Å². The normalized spacial score (nSPS) is 16.7. The Morgan fingerprint density at radius 3 is 2.50 bits per heavy atom. The maximum absolute atomic E-state index is 13.9. The van der Waals surface area contributed by atoms with Gasteiger partial charge in [-0.15, -0.1) is 0 Å². The average molecular weight is 251 g/mol. The minimum atomic E-state index is -0.669. The molecular formula is C14H18FNO2. The van der Waals surface area contributed by atoms with Crippen molar-refractivity contribution in [3.05, 3.63) is 47.7 Å². The van der Waals surface area contributed by atoms with Crippen LogP contribution in [0, 0.1) is 11.7 Å². The molecule has 1 atom stereocenters. The SMILES string of the molecule is CC(C)C(N)Cc1ccc(C2OC=CO2)c(F)c1. The standard InChI is InChI=1S/C14H18FNO2/c1-9(2)13(16)8-10-3-4-11(12(15)7-10)14-17-5-6-18-14/h3-7,9,13-14H,8,16H2,1-2H3. The molecular weight excluding hydrogens is 233 g/mol. The lowest BCUT2D eigenvalue weighted by Gasteiger charge is -2.17. The number of rotatable bonds is 4. The monoisotopic (exact) mass is 251 g/mol. The zero-order valence-corrected chi connectivity index (χ0v) is 10.6. The molecule has 1 aliphatic heterocycles. The van der Waals surface area contributed by atoms with Gasteiger partial charge < -0.3 is 15.2 Å². The van der Waals surface area contributed by atoms with E-state index in [-0.39, 0.29) is 11.9 Å². The number of ether oxygens (including phenoxy) is 2. The molecule has 98 valence electrons. The van der Waals surface area contributed by atoms with Crippen molar-refractivity contribution in [1.82, 2.24) is 0 Å². The highest BCUT2D eigenvalue weighted by Gasteiger charge is 2.20. The molecule has 0 spiro atoms. The number of benzene rings is 1. The van der Waals surface area contributed by atoms with E-state index < -0.39 is 6.29 Å². The van der Waals surface area contributed by atoms with Gasteiger partial charge in [-0.25, -0.2) is 4.39 Å². The van der Waals surface area contributed by atoms with E-state index in [4.69, 9.17) is 15.2 Å². The van der Waals surface area contributed by atoms with Gasteiger partial charge in [-0.05, 0) is 30.0 Å². The smallest absolute Gasteiger partial charge is 0.269 e. The lowest BCUT2D eigenvalue weighted by Crippen LogP contribution is -2.28. The summed E-state index contributed by atoms with van der Waals surface area (Å²) >= 11 is 0. The number of nitrogens with two attached hydrogens (primary N) is 1. The lowest BCUT2D eigenvalue weighted by atomic mass is 9.96. The van der Waals surface area contributed by atoms with Crippen LogP contribution in [0.4, 0.5) is 4.39 Å². The summed E-state index contributed by atoms with van der Waals surface area (Å²) in [5.41, 5.74) is 7.27. The van der Waals surface area contributed by atoms with Crippen LogP contribution in [-0.2, 0) is 15.9 Å². The van der Waals surface area contributed by atoms with Crippen molar-refractivity contribution < 1.29 is 13.9 Å². The van der Waals surface area contributed by atoms with Crippen LogP contribution in [0.1, 0.15) is 31.3 Å². The second-order valence-electron chi connectivity index (χ2n) is 4.84. The Morgan fingerprint density at radius 1 is 1.28 bits per heavy atom. The molecule has 1 unspecified atom stereocenters. The van der Waals surface area contributed by atoms with Crippen molar-refractivity contribution >= 4 is 0 Å². The van der Waals surface area contributed by atoms with E-state index in [1.54, 1.807) is 6.07 Å². The zero-order chi connectivity index (χ0) is 13.1. The first kappa shape index (κ1) is 12.9. The zero-order valence-electron chi connectivity index (χ0n) is 10.6. The molecule has 0 fully saturated rings. The fraction of sp³-hybridized carbons (Fsp3) is 0.429. The van der Waals surface area contributed by atoms with E-state index in [2.05, 4.69) is 13.8 Å². The van der Waals surface area contributed by atoms with Gasteiger partial charge in [0.05, 0.1) is 5.56 Å². The van der Waals surface area contributed by atoms with E-state index in [0.29, 0.717) is 17.9 Å². The van der Waals surface area contributed by atoms with Crippen LogP contribution < -0.4 is 5.73 Å². The summed E-state index contributed by atoms with van der Waals surface area (Å²) in [6.07, 6.45) is 2.82. The topological polar surface area (TPSA) is 44.5 Å². The Hall–Kier alpha value is -1.55. The van der Waals surface area contributed by atoms with Crippen molar-refractivity contribution in [2.75, 3.05) is 0 Å². The first-order valence-electron chi connectivity index (χ1n) is 6.08. The average Bonchev–Trinajstić information content (AvgIpc) is 2.82. The highest BCUT2D eigenvalue weighted by atomic mass is 19.1.